The normalized spacial score (nSPS) is 20.2. The van der Waals surface area contributed by atoms with E-state index in [1.807, 2.05) is 6.07 Å². The highest BCUT2D eigenvalue weighted by Crippen LogP contribution is 2.20. The van der Waals surface area contributed by atoms with Crippen LogP contribution in [0.3, 0.4) is 0 Å². The zero-order chi connectivity index (χ0) is 14.4. The Morgan fingerprint density at radius 1 is 1.45 bits per heavy atom. The maximum absolute atomic E-state index is 13.4. The highest BCUT2D eigenvalue weighted by atomic mass is 19.1. The van der Waals surface area contributed by atoms with Gasteiger partial charge >= 0.3 is 0 Å². The lowest BCUT2D eigenvalue weighted by Crippen LogP contribution is -2.32. The molecular formula is C17H26FNO. The first-order chi connectivity index (χ1) is 9.69. The van der Waals surface area contributed by atoms with Crippen molar-refractivity contribution < 1.29 is 9.13 Å². The van der Waals surface area contributed by atoms with Crippen molar-refractivity contribution in [2.45, 2.75) is 58.1 Å². The summed E-state index contributed by atoms with van der Waals surface area (Å²) in [6.07, 6.45) is 5.91. The molecule has 0 radical (unpaired) electrons. The van der Waals surface area contributed by atoms with Crippen molar-refractivity contribution in [1.82, 2.24) is 5.32 Å². The molecule has 3 heteroatoms. The van der Waals surface area contributed by atoms with Crippen LogP contribution in [-0.2, 0) is 11.2 Å². The van der Waals surface area contributed by atoms with E-state index in [1.165, 1.54) is 24.5 Å². The largest absolute Gasteiger partial charge is 0.378 e. The molecule has 0 saturated carbocycles. The fourth-order valence-corrected chi connectivity index (χ4v) is 2.95. The second-order valence-electron chi connectivity index (χ2n) is 5.74. The van der Waals surface area contributed by atoms with E-state index in [-0.39, 0.29) is 5.82 Å². The third-order valence-electron chi connectivity index (χ3n) is 4.13. The van der Waals surface area contributed by atoms with Crippen LogP contribution in [0.25, 0.3) is 0 Å². The minimum Gasteiger partial charge on any atom is -0.378 e. The Balaban J connectivity index is 1.91. The summed E-state index contributed by atoms with van der Waals surface area (Å²) < 4.78 is 19.1. The van der Waals surface area contributed by atoms with Gasteiger partial charge in [0.25, 0.3) is 0 Å². The van der Waals surface area contributed by atoms with Gasteiger partial charge in [-0.05, 0) is 68.8 Å². The van der Waals surface area contributed by atoms with Crippen LogP contribution in [0.4, 0.5) is 4.39 Å². The van der Waals surface area contributed by atoms with Gasteiger partial charge in [-0.25, -0.2) is 4.39 Å². The zero-order valence-corrected chi connectivity index (χ0v) is 12.6. The minimum absolute atomic E-state index is 0.139. The van der Waals surface area contributed by atoms with Crippen molar-refractivity contribution in [2.24, 2.45) is 0 Å². The highest BCUT2D eigenvalue weighted by Gasteiger charge is 2.18. The SMILES string of the molecule is CCNC(CCC1CCCO1)Cc1cc(F)ccc1C. The molecule has 1 saturated heterocycles. The Bertz CT molecular complexity index is 415. The van der Waals surface area contributed by atoms with Gasteiger partial charge in [0.1, 0.15) is 5.82 Å². The number of benzene rings is 1. The van der Waals surface area contributed by atoms with Crippen LogP contribution < -0.4 is 5.32 Å². The van der Waals surface area contributed by atoms with Gasteiger partial charge in [0.2, 0.25) is 0 Å². The summed E-state index contributed by atoms with van der Waals surface area (Å²) in [6, 6.07) is 5.48. The van der Waals surface area contributed by atoms with Gasteiger partial charge in [0.15, 0.2) is 0 Å². The predicted molar refractivity (Wildman–Crippen MR) is 80.5 cm³/mol. The predicted octanol–water partition coefficient (Wildman–Crippen LogP) is 3.61. The number of hydrogen-bond acceptors (Lipinski definition) is 2. The molecule has 2 atom stereocenters. The van der Waals surface area contributed by atoms with Crippen LogP contribution in [0.1, 0.15) is 43.7 Å². The van der Waals surface area contributed by atoms with E-state index in [0.717, 1.165) is 38.0 Å². The van der Waals surface area contributed by atoms with E-state index in [2.05, 4.69) is 19.2 Å². The van der Waals surface area contributed by atoms with E-state index in [4.69, 9.17) is 4.74 Å². The molecule has 112 valence electrons. The van der Waals surface area contributed by atoms with Gasteiger partial charge in [-0.1, -0.05) is 13.0 Å². The Hall–Kier alpha value is -0.930. The molecule has 0 aromatic heterocycles. The first-order valence-corrected chi connectivity index (χ1v) is 7.79. The molecule has 1 aromatic rings. The molecule has 1 fully saturated rings. The van der Waals surface area contributed by atoms with Crippen molar-refractivity contribution in [3.8, 4) is 0 Å². The molecule has 2 rings (SSSR count). The molecule has 1 heterocycles. The van der Waals surface area contributed by atoms with E-state index < -0.39 is 0 Å². The molecule has 20 heavy (non-hydrogen) atoms. The molecule has 1 aliphatic rings. The third-order valence-corrected chi connectivity index (χ3v) is 4.13. The van der Waals surface area contributed by atoms with Gasteiger partial charge < -0.3 is 10.1 Å². The van der Waals surface area contributed by atoms with E-state index >= 15 is 0 Å². The number of nitrogens with one attached hydrogen (secondary N) is 1. The maximum atomic E-state index is 13.4. The van der Waals surface area contributed by atoms with Crippen LogP contribution in [0.15, 0.2) is 18.2 Å². The molecule has 1 aliphatic heterocycles. The summed E-state index contributed by atoms with van der Waals surface area (Å²) in [5.41, 5.74) is 2.29. The molecular weight excluding hydrogens is 253 g/mol. The monoisotopic (exact) mass is 279 g/mol. The standard InChI is InChI=1S/C17H26FNO/c1-3-19-16(8-9-17-5-4-10-20-17)12-14-11-15(18)7-6-13(14)2/h6-7,11,16-17,19H,3-5,8-10,12H2,1-2H3. The second kappa shape index (κ2) is 7.75. The lowest BCUT2D eigenvalue weighted by atomic mass is 9.96. The number of hydrogen-bond donors (Lipinski definition) is 1. The number of rotatable bonds is 7. The average molecular weight is 279 g/mol. The van der Waals surface area contributed by atoms with Gasteiger partial charge in [-0.3, -0.25) is 0 Å². The summed E-state index contributed by atoms with van der Waals surface area (Å²) in [7, 11) is 0. The number of aryl methyl sites for hydroxylation is 1. The topological polar surface area (TPSA) is 21.3 Å². The molecule has 1 N–H and O–H groups in total. The van der Waals surface area contributed by atoms with Crippen LogP contribution in [0.2, 0.25) is 0 Å². The fraction of sp³-hybridized carbons (Fsp3) is 0.647. The first-order valence-electron chi connectivity index (χ1n) is 7.79. The Morgan fingerprint density at radius 3 is 3.00 bits per heavy atom. The van der Waals surface area contributed by atoms with E-state index in [9.17, 15) is 4.39 Å². The van der Waals surface area contributed by atoms with Gasteiger partial charge in [-0.15, -0.1) is 0 Å². The maximum Gasteiger partial charge on any atom is 0.123 e. The molecule has 2 unspecified atom stereocenters. The van der Waals surface area contributed by atoms with Crippen LogP contribution in [0.5, 0.6) is 0 Å². The molecule has 0 aliphatic carbocycles. The summed E-state index contributed by atoms with van der Waals surface area (Å²) in [6.45, 7) is 6.04. The summed E-state index contributed by atoms with van der Waals surface area (Å²) in [4.78, 5) is 0. The Labute approximate surface area is 121 Å². The minimum atomic E-state index is -0.139. The number of likely N-dealkylation sites (N-methyl/N-ethyl adjacent to an activating group) is 1. The molecule has 0 amide bonds. The van der Waals surface area contributed by atoms with E-state index in [1.54, 1.807) is 6.07 Å². The molecule has 0 spiro atoms. The fourth-order valence-electron chi connectivity index (χ4n) is 2.95. The van der Waals surface area contributed by atoms with Gasteiger partial charge in [0.05, 0.1) is 6.10 Å². The molecule has 2 nitrogen and oxygen atoms in total. The van der Waals surface area contributed by atoms with Crippen molar-refractivity contribution >= 4 is 0 Å². The smallest absolute Gasteiger partial charge is 0.123 e. The first kappa shape index (κ1) is 15.5. The quantitative estimate of drug-likeness (QED) is 0.823. The van der Waals surface area contributed by atoms with Gasteiger partial charge in [-0.2, -0.15) is 0 Å². The zero-order valence-electron chi connectivity index (χ0n) is 12.6. The Kier molecular flexibility index (Phi) is 5.99. The van der Waals surface area contributed by atoms with Crippen molar-refractivity contribution in [3.63, 3.8) is 0 Å². The highest BCUT2D eigenvalue weighted by molar-refractivity contribution is 5.27. The van der Waals surface area contributed by atoms with Crippen molar-refractivity contribution in [1.29, 1.82) is 0 Å². The van der Waals surface area contributed by atoms with E-state index in [0.29, 0.717) is 12.1 Å². The summed E-state index contributed by atoms with van der Waals surface area (Å²) in [5, 5.41) is 3.52. The molecule has 1 aromatic carbocycles. The van der Waals surface area contributed by atoms with Crippen molar-refractivity contribution in [3.05, 3.63) is 35.1 Å². The van der Waals surface area contributed by atoms with Crippen LogP contribution in [0, 0.1) is 12.7 Å². The van der Waals surface area contributed by atoms with Crippen LogP contribution in [-0.4, -0.2) is 25.3 Å². The summed E-state index contributed by atoms with van der Waals surface area (Å²) in [5.74, 6) is -0.139. The Morgan fingerprint density at radius 2 is 2.30 bits per heavy atom. The lowest BCUT2D eigenvalue weighted by molar-refractivity contribution is 0.0996. The lowest BCUT2D eigenvalue weighted by Gasteiger charge is -2.20. The van der Waals surface area contributed by atoms with Crippen molar-refractivity contribution in [2.75, 3.05) is 13.2 Å². The molecule has 0 bridgehead atoms. The number of halogens is 1. The third kappa shape index (κ3) is 4.57. The average Bonchev–Trinajstić information content (AvgIpc) is 2.93. The van der Waals surface area contributed by atoms with Crippen LogP contribution >= 0.6 is 0 Å². The summed E-state index contributed by atoms with van der Waals surface area (Å²) >= 11 is 0. The number of ether oxygens (including phenoxy) is 1. The second-order valence-corrected chi connectivity index (χ2v) is 5.74. The van der Waals surface area contributed by atoms with Gasteiger partial charge in [0, 0.05) is 12.6 Å².